The summed E-state index contributed by atoms with van der Waals surface area (Å²) in [4.78, 5) is 9.04. The summed E-state index contributed by atoms with van der Waals surface area (Å²) >= 11 is 0. The Morgan fingerprint density at radius 1 is 1.12 bits per heavy atom. The Labute approximate surface area is 192 Å². The van der Waals surface area contributed by atoms with Crippen LogP contribution in [0.15, 0.2) is 66.0 Å². The number of fused-ring (bicyclic) bond motifs is 1. The third-order valence-electron chi connectivity index (χ3n) is 5.77. The number of sulfone groups is 1. The number of hydrogen-bond donors (Lipinski definition) is 1. The van der Waals surface area contributed by atoms with Crippen molar-refractivity contribution >= 4 is 21.2 Å². The van der Waals surface area contributed by atoms with Gasteiger partial charge in [0.1, 0.15) is 5.52 Å². The highest BCUT2D eigenvalue weighted by Crippen LogP contribution is 2.31. The van der Waals surface area contributed by atoms with Gasteiger partial charge < -0.3 is 10.1 Å². The van der Waals surface area contributed by atoms with Gasteiger partial charge in [-0.15, -0.1) is 5.10 Å². The van der Waals surface area contributed by atoms with Gasteiger partial charge in [0.15, 0.2) is 21.5 Å². The Morgan fingerprint density at radius 3 is 2.73 bits per heavy atom. The van der Waals surface area contributed by atoms with Gasteiger partial charge in [0.05, 0.1) is 11.0 Å². The molecule has 33 heavy (non-hydrogen) atoms. The zero-order valence-electron chi connectivity index (χ0n) is 18.3. The predicted octanol–water partition coefficient (Wildman–Crippen LogP) is 3.84. The van der Waals surface area contributed by atoms with Gasteiger partial charge in [-0.05, 0) is 37.0 Å². The number of hydrogen-bond acceptors (Lipinski definition) is 7. The maximum atomic E-state index is 12.0. The molecule has 1 saturated heterocycles. The molecule has 0 bridgehead atoms. The molecule has 4 aromatic rings. The standard InChI is InChI=1S/C24H25N5O3S/c1-33(30,31)20-13-18(14-25-16-20)23-27-24(26-15-19-9-5-6-12-32-19)22-21(10-11-29(22)28-23)17-7-3-2-4-8-17/h2-4,7-8,10-11,13-14,16,19H,5-6,9,12,15H2,1H3,(H,26,27,28). The first-order valence-corrected chi connectivity index (χ1v) is 12.8. The van der Waals surface area contributed by atoms with Crippen LogP contribution in [0, 0.1) is 0 Å². The van der Waals surface area contributed by atoms with Gasteiger partial charge in [-0.2, -0.15) is 0 Å². The van der Waals surface area contributed by atoms with Crippen molar-refractivity contribution < 1.29 is 13.2 Å². The molecule has 0 spiro atoms. The van der Waals surface area contributed by atoms with Gasteiger partial charge in [-0.3, -0.25) is 4.98 Å². The molecule has 1 aliphatic rings. The van der Waals surface area contributed by atoms with Crippen LogP contribution in [0.4, 0.5) is 5.82 Å². The van der Waals surface area contributed by atoms with Crippen LogP contribution in [0.25, 0.3) is 28.0 Å². The van der Waals surface area contributed by atoms with Gasteiger partial charge in [0.2, 0.25) is 0 Å². The molecule has 8 nitrogen and oxygen atoms in total. The maximum absolute atomic E-state index is 12.0. The number of nitrogens with zero attached hydrogens (tertiary/aromatic N) is 4. The summed E-state index contributed by atoms with van der Waals surface area (Å²) in [7, 11) is -3.40. The average molecular weight is 464 g/mol. The van der Waals surface area contributed by atoms with E-state index in [0.717, 1.165) is 48.8 Å². The van der Waals surface area contributed by atoms with Crippen LogP contribution in [-0.4, -0.2) is 53.5 Å². The quantitative estimate of drug-likeness (QED) is 0.464. The topological polar surface area (TPSA) is 98.5 Å². The molecule has 1 aliphatic heterocycles. The van der Waals surface area contributed by atoms with Crippen LogP contribution in [0.1, 0.15) is 19.3 Å². The Balaban J connectivity index is 1.60. The zero-order valence-corrected chi connectivity index (χ0v) is 19.1. The molecule has 5 rings (SSSR count). The molecule has 1 unspecified atom stereocenters. The number of pyridine rings is 1. The van der Waals surface area contributed by atoms with Crippen molar-refractivity contribution in [3.05, 3.63) is 61.1 Å². The lowest BCUT2D eigenvalue weighted by molar-refractivity contribution is 0.0247. The lowest BCUT2D eigenvalue weighted by atomic mass is 10.1. The summed E-state index contributed by atoms with van der Waals surface area (Å²) in [5.41, 5.74) is 3.46. The lowest BCUT2D eigenvalue weighted by Gasteiger charge is -2.23. The Hall–Kier alpha value is -3.30. The van der Waals surface area contributed by atoms with Crippen LogP contribution in [0.3, 0.4) is 0 Å². The maximum Gasteiger partial charge on any atom is 0.183 e. The van der Waals surface area contributed by atoms with Crippen molar-refractivity contribution in [3.8, 4) is 22.5 Å². The fourth-order valence-corrected chi connectivity index (χ4v) is 4.64. The minimum absolute atomic E-state index is 0.127. The summed E-state index contributed by atoms with van der Waals surface area (Å²) < 4.78 is 31.7. The highest BCUT2D eigenvalue weighted by Gasteiger charge is 2.19. The van der Waals surface area contributed by atoms with Crippen LogP contribution in [0.2, 0.25) is 0 Å². The third kappa shape index (κ3) is 4.60. The molecule has 0 radical (unpaired) electrons. The number of ether oxygens (including phenoxy) is 1. The molecule has 4 heterocycles. The third-order valence-corrected chi connectivity index (χ3v) is 6.85. The van der Waals surface area contributed by atoms with Crippen molar-refractivity contribution in [1.82, 2.24) is 19.6 Å². The van der Waals surface area contributed by atoms with Crippen molar-refractivity contribution in [2.45, 2.75) is 30.3 Å². The normalized spacial score (nSPS) is 16.7. The number of rotatable bonds is 6. The molecule has 1 N–H and O–H groups in total. The van der Waals surface area contributed by atoms with E-state index in [-0.39, 0.29) is 11.0 Å². The van der Waals surface area contributed by atoms with E-state index >= 15 is 0 Å². The summed E-state index contributed by atoms with van der Waals surface area (Å²) in [5.74, 6) is 1.06. The fraction of sp³-hybridized carbons (Fsp3) is 0.292. The zero-order chi connectivity index (χ0) is 22.8. The Bertz CT molecular complexity index is 1380. The van der Waals surface area contributed by atoms with E-state index in [0.29, 0.717) is 23.8 Å². The van der Waals surface area contributed by atoms with E-state index in [9.17, 15) is 8.42 Å². The van der Waals surface area contributed by atoms with E-state index in [4.69, 9.17) is 9.72 Å². The lowest BCUT2D eigenvalue weighted by Crippen LogP contribution is -2.27. The van der Waals surface area contributed by atoms with Crippen molar-refractivity contribution in [3.63, 3.8) is 0 Å². The van der Waals surface area contributed by atoms with Crippen LogP contribution < -0.4 is 5.32 Å². The molecule has 1 fully saturated rings. The highest BCUT2D eigenvalue weighted by molar-refractivity contribution is 7.90. The minimum atomic E-state index is -3.40. The molecule has 0 aliphatic carbocycles. The SMILES string of the molecule is CS(=O)(=O)c1cncc(-c2nc(NCC3CCCCO3)c3c(-c4ccccc4)ccn3n2)c1. The first kappa shape index (κ1) is 21.5. The van der Waals surface area contributed by atoms with E-state index in [1.165, 1.54) is 6.20 Å². The second-order valence-electron chi connectivity index (χ2n) is 8.22. The van der Waals surface area contributed by atoms with Crippen LogP contribution in [-0.2, 0) is 14.6 Å². The Morgan fingerprint density at radius 2 is 1.97 bits per heavy atom. The molecular weight excluding hydrogens is 438 g/mol. The van der Waals surface area contributed by atoms with Gasteiger partial charge >= 0.3 is 0 Å². The van der Waals surface area contributed by atoms with E-state index in [2.05, 4.69) is 27.5 Å². The number of anilines is 1. The first-order chi connectivity index (χ1) is 16.0. The van der Waals surface area contributed by atoms with E-state index in [1.54, 1.807) is 16.8 Å². The van der Waals surface area contributed by atoms with Crippen molar-refractivity contribution in [1.29, 1.82) is 0 Å². The molecule has 0 saturated carbocycles. The second-order valence-corrected chi connectivity index (χ2v) is 10.2. The molecule has 1 aromatic carbocycles. The van der Waals surface area contributed by atoms with Gasteiger partial charge in [0.25, 0.3) is 0 Å². The van der Waals surface area contributed by atoms with Gasteiger partial charge in [-0.25, -0.2) is 17.9 Å². The molecule has 9 heteroatoms. The van der Waals surface area contributed by atoms with E-state index < -0.39 is 9.84 Å². The molecule has 1 atom stereocenters. The van der Waals surface area contributed by atoms with Gasteiger partial charge in [0, 0.05) is 49.1 Å². The smallest absolute Gasteiger partial charge is 0.183 e. The second kappa shape index (κ2) is 8.92. The number of aromatic nitrogens is 4. The summed E-state index contributed by atoms with van der Waals surface area (Å²) in [5, 5.41) is 8.14. The first-order valence-electron chi connectivity index (χ1n) is 10.9. The number of nitrogens with one attached hydrogen (secondary N) is 1. The van der Waals surface area contributed by atoms with Crippen LogP contribution >= 0.6 is 0 Å². The van der Waals surface area contributed by atoms with Crippen LogP contribution in [0.5, 0.6) is 0 Å². The van der Waals surface area contributed by atoms with Crippen molar-refractivity contribution in [2.75, 3.05) is 24.7 Å². The highest BCUT2D eigenvalue weighted by atomic mass is 32.2. The predicted molar refractivity (Wildman–Crippen MR) is 127 cm³/mol. The summed E-state index contributed by atoms with van der Waals surface area (Å²) in [6, 6.07) is 13.7. The fourth-order valence-electron chi connectivity index (χ4n) is 4.04. The monoisotopic (exact) mass is 463 g/mol. The van der Waals surface area contributed by atoms with E-state index in [1.807, 2.05) is 30.5 Å². The average Bonchev–Trinajstić information content (AvgIpc) is 3.28. The molecule has 0 amide bonds. The van der Waals surface area contributed by atoms with Gasteiger partial charge in [-0.1, -0.05) is 30.3 Å². The summed E-state index contributed by atoms with van der Waals surface area (Å²) in [6.45, 7) is 1.41. The summed E-state index contributed by atoms with van der Waals surface area (Å²) in [6.07, 6.45) is 9.34. The number of benzene rings is 1. The Kier molecular flexibility index (Phi) is 5.82. The minimum Gasteiger partial charge on any atom is -0.376 e. The molecule has 170 valence electrons. The largest absolute Gasteiger partial charge is 0.376 e. The molecular formula is C24H25N5O3S. The molecule has 3 aromatic heterocycles. The van der Waals surface area contributed by atoms with Crippen molar-refractivity contribution in [2.24, 2.45) is 0 Å².